The Morgan fingerprint density at radius 2 is 2.50 bits per heavy atom. The normalized spacial score (nSPS) is 21.3. The largest absolute Gasteiger partial charge is 0.311 e. The predicted molar refractivity (Wildman–Crippen MR) is 27.5 cm³/mol. The summed E-state index contributed by atoms with van der Waals surface area (Å²) in [6.45, 7) is 0.782. The average molecular weight is 102 g/mol. The molecule has 0 aromatic heterocycles. The Morgan fingerprint density at radius 1 is 1.50 bits per heavy atom. The van der Waals surface area contributed by atoms with Crippen molar-refractivity contribution in [2.24, 2.45) is 0 Å². The second kappa shape index (κ2) is 2.26. The van der Waals surface area contributed by atoms with Crippen molar-refractivity contribution in [1.29, 1.82) is 0 Å². The Kier molecular flexibility index (Phi) is 1.59. The summed E-state index contributed by atoms with van der Waals surface area (Å²) in [6.07, 6.45) is 4.13. The van der Waals surface area contributed by atoms with E-state index in [1.807, 2.05) is 6.08 Å². The molecule has 0 radical (unpaired) electrons. The second-order valence-corrected chi connectivity index (χ2v) is 1.85. The molecule has 0 saturated heterocycles. The van der Waals surface area contributed by atoms with Crippen molar-refractivity contribution in [3.8, 4) is 0 Å². The van der Waals surface area contributed by atoms with Crippen LogP contribution in [0.4, 0.5) is 0 Å². The highest BCUT2D eigenvalue weighted by Gasteiger charge is 1.87. The molecule has 0 unspecified atom stereocenters. The van der Waals surface area contributed by atoms with Gasteiger partial charge >= 0.3 is 0 Å². The van der Waals surface area contributed by atoms with Crippen LogP contribution >= 0.6 is 12.0 Å². The van der Waals surface area contributed by atoms with Gasteiger partial charge in [-0.15, -0.1) is 0 Å². The molecule has 0 N–H and O–H groups in total. The van der Waals surface area contributed by atoms with Crippen LogP contribution in [0.25, 0.3) is 0 Å². The fraction of sp³-hybridized carbons (Fsp3) is 0.500. The molecule has 0 aliphatic carbocycles. The van der Waals surface area contributed by atoms with Crippen molar-refractivity contribution in [2.45, 2.75) is 0 Å². The number of rotatable bonds is 0. The molecule has 2 heteroatoms. The van der Waals surface area contributed by atoms with Gasteiger partial charge in [-0.25, -0.2) is 0 Å². The van der Waals surface area contributed by atoms with Crippen LogP contribution in [0.3, 0.4) is 0 Å². The van der Waals surface area contributed by atoms with E-state index in [0.29, 0.717) is 0 Å². The van der Waals surface area contributed by atoms with Crippen molar-refractivity contribution in [3.63, 3.8) is 0 Å². The lowest BCUT2D eigenvalue weighted by atomic mass is 10.6. The van der Waals surface area contributed by atoms with E-state index in [4.69, 9.17) is 4.18 Å². The molecule has 1 nitrogen and oxygen atoms in total. The maximum atomic E-state index is 4.90. The molecule has 0 saturated carbocycles. The summed E-state index contributed by atoms with van der Waals surface area (Å²) in [5.74, 6) is 1.01. The molecule has 1 aliphatic rings. The zero-order chi connectivity index (χ0) is 4.24. The van der Waals surface area contributed by atoms with E-state index in [-0.39, 0.29) is 0 Å². The first-order valence-corrected chi connectivity index (χ1v) is 2.80. The third-order valence-electron chi connectivity index (χ3n) is 0.579. The molecular formula is C4H6OS. The van der Waals surface area contributed by atoms with Crippen molar-refractivity contribution in [1.82, 2.24) is 0 Å². The van der Waals surface area contributed by atoms with Gasteiger partial charge in [-0.3, -0.25) is 0 Å². The van der Waals surface area contributed by atoms with Crippen LogP contribution in [0.1, 0.15) is 0 Å². The molecule has 34 valence electrons. The van der Waals surface area contributed by atoms with Gasteiger partial charge < -0.3 is 4.18 Å². The third kappa shape index (κ3) is 1.03. The zero-order valence-corrected chi connectivity index (χ0v) is 4.20. The van der Waals surface area contributed by atoms with E-state index >= 15 is 0 Å². The lowest BCUT2D eigenvalue weighted by Crippen LogP contribution is -1.87. The Hall–Kier alpha value is 0.0500. The van der Waals surface area contributed by atoms with Crippen LogP contribution < -0.4 is 0 Å². The van der Waals surface area contributed by atoms with Crippen LogP contribution in [0, 0.1) is 0 Å². The Bertz CT molecular complexity index is 52.6. The minimum absolute atomic E-state index is 0.782. The Labute approximate surface area is 41.6 Å². The van der Waals surface area contributed by atoms with E-state index in [1.54, 1.807) is 0 Å². The minimum Gasteiger partial charge on any atom is -0.311 e. The van der Waals surface area contributed by atoms with E-state index in [2.05, 4.69) is 6.08 Å². The molecule has 0 fully saturated rings. The fourth-order valence-corrected chi connectivity index (χ4v) is 0.797. The predicted octanol–water partition coefficient (Wildman–Crippen LogP) is 1.22. The van der Waals surface area contributed by atoms with Gasteiger partial charge in [0.1, 0.15) is 0 Å². The minimum atomic E-state index is 0.782. The Morgan fingerprint density at radius 3 is 2.67 bits per heavy atom. The standard InChI is InChI=1S/C4H6OS/c1-2-4-6-5-3-1/h1-2H,3-4H2. The molecule has 0 aromatic rings. The summed E-state index contributed by atoms with van der Waals surface area (Å²) >= 11 is 1.51. The van der Waals surface area contributed by atoms with Gasteiger partial charge in [0.15, 0.2) is 0 Å². The summed E-state index contributed by atoms with van der Waals surface area (Å²) in [4.78, 5) is 0. The maximum absolute atomic E-state index is 4.90. The van der Waals surface area contributed by atoms with Crippen molar-refractivity contribution < 1.29 is 4.18 Å². The molecule has 0 bridgehead atoms. The molecule has 1 heterocycles. The summed E-state index contributed by atoms with van der Waals surface area (Å²) in [5.41, 5.74) is 0. The average Bonchev–Trinajstić information content (AvgIpc) is 1.72. The fourth-order valence-electron chi connectivity index (χ4n) is 0.311. The molecule has 1 rings (SSSR count). The molecule has 0 amide bonds. The SMILES string of the molecule is C1=CCSOC1. The summed E-state index contributed by atoms with van der Waals surface area (Å²) in [5, 5.41) is 0. The van der Waals surface area contributed by atoms with Crippen LogP contribution in [0.2, 0.25) is 0 Å². The van der Waals surface area contributed by atoms with Crippen LogP contribution in [-0.2, 0) is 4.18 Å². The second-order valence-electron chi connectivity index (χ2n) is 1.04. The first-order chi connectivity index (χ1) is 3.00. The van der Waals surface area contributed by atoms with Crippen LogP contribution in [-0.4, -0.2) is 12.4 Å². The third-order valence-corrected chi connectivity index (χ3v) is 1.21. The van der Waals surface area contributed by atoms with Gasteiger partial charge in [0, 0.05) is 5.75 Å². The van der Waals surface area contributed by atoms with Gasteiger partial charge in [0.05, 0.1) is 6.61 Å². The molecule has 0 atom stereocenters. The number of hydrogen-bond acceptors (Lipinski definition) is 2. The molecule has 0 spiro atoms. The lowest BCUT2D eigenvalue weighted by Gasteiger charge is -1.99. The molecule has 1 aliphatic heterocycles. The highest BCUT2D eigenvalue weighted by molar-refractivity contribution is 7.94. The first kappa shape index (κ1) is 4.22. The monoisotopic (exact) mass is 102 g/mol. The van der Waals surface area contributed by atoms with Gasteiger partial charge in [0.2, 0.25) is 0 Å². The van der Waals surface area contributed by atoms with Crippen molar-refractivity contribution in [3.05, 3.63) is 12.2 Å². The smallest absolute Gasteiger partial charge is 0.0795 e. The van der Waals surface area contributed by atoms with Crippen molar-refractivity contribution >= 4 is 12.0 Å². The summed E-state index contributed by atoms with van der Waals surface area (Å²) in [6, 6.07) is 0. The number of hydrogen-bond donors (Lipinski definition) is 0. The topological polar surface area (TPSA) is 9.23 Å². The molecule has 6 heavy (non-hydrogen) atoms. The molecular weight excluding hydrogens is 96.1 g/mol. The quantitative estimate of drug-likeness (QED) is 0.336. The van der Waals surface area contributed by atoms with Gasteiger partial charge in [-0.05, 0) is 12.0 Å². The van der Waals surface area contributed by atoms with Crippen LogP contribution in [0.5, 0.6) is 0 Å². The van der Waals surface area contributed by atoms with E-state index in [0.717, 1.165) is 12.4 Å². The van der Waals surface area contributed by atoms with Crippen molar-refractivity contribution in [2.75, 3.05) is 12.4 Å². The summed E-state index contributed by atoms with van der Waals surface area (Å²) < 4.78 is 4.90. The van der Waals surface area contributed by atoms with Crippen LogP contribution in [0.15, 0.2) is 12.2 Å². The van der Waals surface area contributed by atoms with E-state index in [1.165, 1.54) is 12.0 Å². The highest BCUT2D eigenvalue weighted by atomic mass is 32.2. The lowest BCUT2D eigenvalue weighted by molar-refractivity contribution is 0.425. The Balaban J connectivity index is 2.26. The van der Waals surface area contributed by atoms with Gasteiger partial charge in [-0.1, -0.05) is 12.2 Å². The van der Waals surface area contributed by atoms with E-state index in [9.17, 15) is 0 Å². The zero-order valence-electron chi connectivity index (χ0n) is 3.39. The van der Waals surface area contributed by atoms with E-state index < -0.39 is 0 Å². The van der Waals surface area contributed by atoms with Gasteiger partial charge in [0.25, 0.3) is 0 Å². The van der Waals surface area contributed by atoms with Gasteiger partial charge in [-0.2, -0.15) is 0 Å². The maximum Gasteiger partial charge on any atom is 0.0795 e. The molecule has 0 aromatic carbocycles. The summed E-state index contributed by atoms with van der Waals surface area (Å²) in [7, 11) is 0. The first-order valence-electron chi connectivity index (χ1n) is 1.89. The highest BCUT2D eigenvalue weighted by Crippen LogP contribution is 2.06.